The van der Waals surface area contributed by atoms with Crippen molar-refractivity contribution in [2.24, 2.45) is 5.92 Å². The normalized spacial score (nSPS) is 23.9. The van der Waals surface area contributed by atoms with Crippen LogP contribution in [-0.4, -0.2) is 24.8 Å². The molecule has 27 heavy (non-hydrogen) atoms. The van der Waals surface area contributed by atoms with Gasteiger partial charge in [0.05, 0.1) is 12.3 Å². The Kier molecular flexibility index (Phi) is 5.37. The number of anilines is 1. The summed E-state index contributed by atoms with van der Waals surface area (Å²) in [6.07, 6.45) is 4.26. The average Bonchev–Trinajstić information content (AvgIpc) is 2.98. The molecular formula is C22H25ClN2O2. The molecule has 2 heterocycles. The Morgan fingerprint density at radius 1 is 1.19 bits per heavy atom. The van der Waals surface area contributed by atoms with Crippen LogP contribution < -0.4 is 10.6 Å². The van der Waals surface area contributed by atoms with E-state index in [9.17, 15) is 4.79 Å². The van der Waals surface area contributed by atoms with Crippen LogP contribution in [0.3, 0.4) is 0 Å². The third-order valence-corrected chi connectivity index (χ3v) is 5.80. The Hall–Kier alpha value is -2.04. The maximum atomic E-state index is 12.4. The Labute approximate surface area is 165 Å². The van der Waals surface area contributed by atoms with Gasteiger partial charge < -0.3 is 10.1 Å². The van der Waals surface area contributed by atoms with Crippen molar-refractivity contribution >= 4 is 23.4 Å². The van der Waals surface area contributed by atoms with Gasteiger partial charge in [0.15, 0.2) is 0 Å². The minimum absolute atomic E-state index is 0.419. The highest BCUT2D eigenvalue weighted by Crippen LogP contribution is 2.32. The fourth-order valence-electron chi connectivity index (χ4n) is 4.33. The van der Waals surface area contributed by atoms with E-state index in [0.29, 0.717) is 35.3 Å². The number of carbonyl (C=O) groups is 1. The van der Waals surface area contributed by atoms with Gasteiger partial charge in [-0.2, -0.15) is 0 Å². The third-order valence-electron chi connectivity index (χ3n) is 5.57. The quantitative estimate of drug-likeness (QED) is 0.742. The van der Waals surface area contributed by atoms with Crippen molar-refractivity contribution in [1.82, 2.24) is 5.32 Å². The molecule has 0 spiro atoms. The van der Waals surface area contributed by atoms with E-state index in [4.69, 9.17) is 16.3 Å². The number of ether oxygens (including phenoxy) is 1. The number of fused-ring (bicyclic) bond motifs is 2. The first-order chi connectivity index (χ1) is 13.1. The predicted molar refractivity (Wildman–Crippen MR) is 109 cm³/mol. The Morgan fingerprint density at radius 2 is 1.96 bits per heavy atom. The number of carbonyl (C=O) groups excluding carboxylic acids is 1. The molecular weight excluding hydrogens is 360 g/mol. The summed E-state index contributed by atoms with van der Waals surface area (Å²) in [7, 11) is 0. The highest BCUT2D eigenvalue weighted by atomic mass is 35.5. The molecule has 4 nitrogen and oxygen atoms in total. The van der Waals surface area contributed by atoms with Crippen molar-refractivity contribution in [1.29, 1.82) is 0 Å². The van der Waals surface area contributed by atoms with Crippen LogP contribution in [0.2, 0.25) is 5.02 Å². The fraction of sp³-hybridized carbons (Fsp3) is 0.409. The Morgan fingerprint density at radius 3 is 2.70 bits per heavy atom. The molecule has 0 aliphatic carbocycles. The number of aryl methyl sites for hydroxylation is 1. The van der Waals surface area contributed by atoms with Gasteiger partial charge in [-0.05, 0) is 56.2 Å². The van der Waals surface area contributed by atoms with E-state index in [2.05, 4.69) is 16.7 Å². The van der Waals surface area contributed by atoms with E-state index in [1.807, 2.05) is 37.3 Å². The number of rotatable bonds is 4. The van der Waals surface area contributed by atoms with Crippen LogP contribution in [0, 0.1) is 12.8 Å². The van der Waals surface area contributed by atoms with E-state index >= 15 is 0 Å². The van der Waals surface area contributed by atoms with Gasteiger partial charge in [0.2, 0.25) is 0 Å². The molecule has 2 atom stereocenters. The lowest BCUT2D eigenvalue weighted by Crippen LogP contribution is -2.39. The zero-order valence-electron chi connectivity index (χ0n) is 15.5. The smallest absolute Gasteiger partial charge is 0.411 e. The predicted octanol–water partition coefficient (Wildman–Crippen LogP) is 5.39. The summed E-state index contributed by atoms with van der Waals surface area (Å²) in [4.78, 5) is 12.4. The lowest BCUT2D eigenvalue weighted by molar-refractivity contribution is 0.122. The van der Waals surface area contributed by atoms with Gasteiger partial charge in [-0.3, -0.25) is 5.32 Å². The van der Waals surface area contributed by atoms with E-state index in [0.717, 1.165) is 29.5 Å². The number of hydrogen-bond donors (Lipinski definition) is 2. The third kappa shape index (κ3) is 4.45. The first-order valence-electron chi connectivity index (χ1n) is 9.63. The molecule has 1 amide bonds. The van der Waals surface area contributed by atoms with Crippen molar-refractivity contribution in [3.8, 4) is 11.1 Å². The molecule has 0 radical (unpaired) electrons. The van der Waals surface area contributed by atoms with Gasteiger partial charge in [-0.15, -0.1) is 0 Å². The van der Waals surface area contributed by atoms with E-state index in [1.165, 1.54) is 12.8 Å². The van der Waals surface area contributed by atoms with Gasteiger partial charge in [-0.25, -0.2) is 4.79 Å². The number of nitrogens with one attached hydrogen (secondary N) is 2. The van der Waals surface area contributed by atoms with Gasteiger partial charge in [0.25, 0.3) is 0 Å². The SMILES string of the molecule is Cc1cccc(-c2ccc(Cl)cc2NC(=O)OCC2CC3CCC(C2)N3)c1. The molecule has 2 aromatic carbocycles. The molecule has 2 saturated heterocycles. The summed E-state index contributed by atoms with van der Waals surface area (Å²) < 4.78 is 5.54. The fourth-order valence-corrected chi connectivity index (χ4v) is 4.51. The van der Waals surface area contributed by atoms with Crippen LogP contribution in [-0.2, 0) is 4.74 Å². The van der Waals surface area contributed by atoms with Crippen LogP contribution in [0.15, 0.2) is 42.5 Å². The maximum absolute atomic E-state index is 12.4. The lowest BCUT2D eigenvalue weighted by atomic mass is 9.93. The summed E-state index contributed by atoms with van der Waals surface area (Å²) >= 11 is 6.16. The molecule has 2 aromatic rings. The molecule has 142 valence electrons. The van der Waals surface area contributed by atoms with E-state index in [-0.39, 0.29) is 0 Å². The molecule has 5 heteroatoms. The van der Waals surface area contributed by atoms with Crippen LogP contribution in [0.1, 0.15) is 31.2 Å². The summed E-state index contributed by atoms with van der Waals surface area (Å²) in [6.45, 7) is 2.52. The topological polar surface area (TPSA) is 50.4 Å². The molecule has 0 aromatic heterocycles. The van der Waals surface area contributed by atoms with E-state index < -0.39 is 6.09 Å². The standard InChI is InChI=1S/C22H25ClN2O2/c1-14-3-2-4-16(9-14)20-8-5-17(23)12-21(20)25-22(26)27-13-15-10-18-6-7-19(11-15)24-18/h2-5,8-9,12,15,18-19,24H,6-7,10-11,13H2,1H3,(H,25,26). The largest absolute Gasteiger partial charge is 0.449 e. The highest BCUT2D eigenvalue weighted by Gasteiger charge is 2.33. The summed E-state index contributed by atoms with van der Waals surface area (Å²) in [6, 6.07) is 14.9. The molecule has 2 aliphatic rings. The summed E-state index contributed by atoms with van der Waals surface area (Å²) in [5.41, 5.74) is 3.80. The lowest BCUT2D eigenvalue weighted by Gasteiger charge is -2.28. The van der Waals surface area contributed by atoms with Gasteiger partial charge in [-0.1, -0.05) is 47.5 Å². The monoisotopic (exact) mass is 384 g/mol. The van der Waals surface area contributed by atoms with Crippen LogP contribution in [0.25, 0.3) is 11.1 Å². The number of benzene rings is 2. The Balaban J connectivity index is 1.42. The highest BCUT2D eigenvalue weighted by molar-refractivity contribution is 6.31. The average molecular weight is 385 g/mol. The minimum Gasteiger partial charge on any atom is -0.449 e. The summed E-state index contributed by atoms with van der Waals surface area (Å²) in [5.74, 6) is 0.449. The van der Waals surface area contributed by atoms with Gasteiger partial charge in [0, 0.05) is 22.7 Å². The van der Waals surface area contributed by atoms with Crippen molar-refractivity contribution in [3.05, 3.63) is 53.1 Å². The molecule has 2 unspecified atom stereocenters. The van der Waals surface area contributed by atoms with Crippen LogP contribution >= 0.6 is 11.6 Å². The van der Waals surface area contributed by atoms with Gasteiger partial charge in [0.1, 0.15) is 0 Å². The van der Waals surface area contributed by atoms with E-state index in [1.54, 1.807) is 6.07 Å². The second kappa shape index (κ2) is 7.91. The molecule has 0 saturated carbocycles. The minimum atomic E-state index is -0.419. The number of amides is 1. The number of hydrogen-bond acceptors (Lipinski definition) is 3. The number of piperidine rings is 1. The van der Waals surface area contributed by atoms with Crippen molar-refractivity contribution in [2.45, 2.75) is 44.7 Å². The summed E-state index contributed by atoms with van der Waals surface area (Å²) in [5, 5.41) is 7.08. The molecule has 2 aliphatic heterocycles. The number of halogens is 1. The van der Waals surface area contributed by atoms with Crippen molar-refractivity contribution in [2.75, 3.05) is 11.9 Å². The maximum Gasteiger partial charge on any atom is 0.411 e. The molecule has 2 N–H and O–H groups in total. The second-order valence-corrected chi connectivity index (χ2v) is 8.19. The molecule has 4 rings (SSSR count). The molecule has 2 fully saturated rings. The first-order valence-corrected chi connectivity index (χ1v) is 10.0. The Bertz CT molecular complexity index is 827. The van der Waals surface area contributed by atoms with Crippen LogP contribution in [0.4, 0.5) is 10.5 Å². The van der Waals surface area contributed by atoms with Crippen molar-refractivity contribution in [3.63, 3.8) is 0 Å². The van der Waals surface area contributed by atoms with Gasteiger partial charge >= 0.3 is 6.09 Å². The van der Waals surface area contributed by atoms with Crippen LogP contribution in [0.5, 0.6) is 0 Å². The molecule has 2 bridgehead atoms. The zero-order chi connectivity index (χ0) is 18.8. The first kappa shape index (κ1) is 18.3. The van der Waals surface area contributed by atoms with Crippen molar-refractivity contribution < 1.29 is 9.53 Å². The zero-order valence-corrected chi connectivity index (χ0v) is 16.3. The second-order valence-electron chi connectivity index (χ2n) is 7.76.